The highest BCUT2D eigenvalue weighted by Crippen LogP contribution is 2.34. The summed E-state index contributed by atoms with van der Waals surface area (Å²) in [7, 11) is 0. The molecule has 1 aromatic carbocycles. The molecule has 2 heterocycles. The fourth-order valence-corrected chi connectivity index (χ4v) is 3.45. The number of H-pyrrole nitrogens is 1. The van der Waals surface area contributed by atoms with Gasteiger partial charge in [0.1, 0.15) is 12.0 Å². The molecule has 1 aromatic heterocycles. The predicted octanol–water partition coefficient (Wildman–Crippen LogP) is 4.58. The van der Waals surface area contributed by atoms with E-state index in [4.69, 9.17) is 0 Å². The summed E-state index contributed by atoms with van der Waals surface area (Å²) in [4.78, 5) is 7.87. The molecule has 0 amide bonds. The first-order valence-corrected chi connectivity index (χ1v) is 8.35. The van der Waals surface area contributed by atoms with Gasteiger partial charge in [-0.05, 0) is 36.3 Å². The monoisotopic (exact) mass is 321 g/mol. The van der Waals surface area contributed by atoms with Crippen molar-refractivity contribution in [2.24, 2.45) is 10.9 Å². The van der Waals surface area contributed by atoms with Gasteiger partial charge in [0, 0.05) is 41.7 Å². The van der Waals surface area contributed by atoms with Gasteiger partial charge in [-0.1, -0.05) is 30.4 Å². The first-order valence-electron chi connectivity index (χ1n) is 8.35. The number of aliphatic imine (C=N–C) groups is 1. The van der Waals surface area contributed by atoms with Crippen LogP contribution in [0.25, 0.3) is 10.9 Å². The molecule has 2 N–H and O–H groups in total. The minimum Gasteiger partial charge on any atom is -0.361 e. The van der Waals surface area contributed by atoms with Gasteiger partial charge in [0.15, 0.2) is 0 Å². The number of aromatic nitrogens is 1. The molecular formula is C20H20FN3. The number of nitrogens with zero attached hydrogens (tertiary/aromatic N) is 1. The zero-order valence-corrected chi connectivity index (χ0v) is 13.3. The Morgan fingerprint density at radius 2 is 2.17 bits per heavy atom. The van der Waals surface area contributed by atoms with Crippen molar-refractivity contribution in [3.05, 3.63) is 72.2 Å². The van der Waals surface area contributed by atoms with Gasteiger partial charge in [0.2, 0.25) is 0 Å². The van der Waals surface area contributed by atoms with Crippen LogP contribution in [0.2, 0.25) is 0 Å². The molecule has 1 aliphatic heterocycles. The normalized spacial score (nSPS) is 24.3. The molecule has 1 aliphatic carbocycles. The number of para-hydroxylation sites is 1. The molecule has 0 radical (unpaired) electrons. The average Bonchev–Trinajstić information content (AvgIpc) is 3.05. The van der Waals surface area contributed by atoms with Crippen molar-refractivity contribution in [2.75, 3.05) is 0 Å². The van der Waals surface area contributed by atoms with E-state index in [-0.39, 0.29) is 24.0 Å². The van der Waals surface area contributed by atoms with Crippen molar-refractivity contribution in [1.82, 2.24) is 10.3 Å². The molecule has 3 nitrogen and oxygen atoms in total. The highest BCUT2D eigenvalue weighted by atomic mass is 19.1. The second-order valence-corrected chi connectivity index (χ2v) is 6.26. The van der Waals surface area contributed by atoms with Crippen molar-refractivity contribution in [2.45, 2.75) is 25.0 Å². The van der Waals surface area contributed by atoms with Crippen LogP contribution in [0.15, 0.2) is 71.7 Å². The summed E-state index contributed by atoms with van der Waals surface area (Å²) in [5.41, 5.74) is 2.33. The second-order valence-electron chi connectivity index (χ2n) is 6.26. The van der Waals surface area contributed by atoms with E-state index < -0.39 is 0 Å². The Labute approximate surface area is 140 Å². The minimum atomic E-state index is -0.150. The number of rotatable bonds is 4. The molecule has 122 valence electrons. The van der Waals surface area contributed by atoms with E-state index in [1.165, 1.54) is 10.9 Å². The van der Waals surface area contributed by atoms with Crippen LogP contribution in [-0.2, 0) is 0 Å². The number of benzene rings is 1. The molecular weight excluding hydrogens is 301 g/mol. The predicted molar refractivity (Wildman–Crippen MR) is 96.7 cm³/mol. The van der Waals surface area contributed by atoms with Crippen LogP contribution >= 0.6 is 0 Å². The van der Waals surface area contributed by atoms with Gasteiger partial charge in [-0.15, -0.1) is 0 Å². The Bertz CT molecular complexity index is 843. The number of hydrogen-bond donors (Lipinski definition) is 2. The van der Waals surface area contributed by atoms with Crippen LogP contribution in [-0.4, -0.2) is 17.4 Å². The summed E-state index contributed by atoms with van der Waals surface area (Å²) in [5, 5.41) is 4.87. The van der Waals surface area contributed by atoms with Gasteiger partial charge in [0.05, 0.1) is 0 Å². The SMILES string of the molecule is FC1=CCC(C(NC2CC=CC=N2)c2c[nH]c3ccccc23)C=C1. The van der Waals surface area contributed by atoms with E-state index in [9.17, 15) is 4.39 Å². The number of halogens is 1. The Hall–Kier alpha value is -2.46. The number of allylic oxidation sites excluding steroid dienone is 4. The summed E-state index contributed by atoms with van der Waals surface area (Å²) in [6.45, 7) is 0. The van der Waals surface area contributed by atoms with Gasteiger partial charge in [-0.2, -0.15) is 0 Å². The summed E-state index contributed by atoms with van der Waals surface area (Å²) in [6.07, 6.45) is 14.8. The van der Waals surface area contributed by atoms with Gasteiger partial charge < -0.3 is 4.98 Å². The molecule has 0 saturated carbocycles. The van der Waals surface area contributed by atoms with Gasteiger partial charge in [-0.3, -0.25) is 10.3 Å². The molecule has 4 heteroatoms. The smallest absolute Gasteiger partial charge is 0.118 e. The number of aromatic amines is 1. The lowest BCUT2D eigenvalue weighted by Gasteiger charge is -2.29. The topological polar surface area (TPSA) is 40.2 Å². The average molecular weight is 321 g/mol. The molecule has 3 unspecified atom stereocenters. The summed E-state index contributed by atoms with van der Waals surface area (Å²) >= 11 is 0. The molecule has 3 atom stereocenters. The van der Waals surface area contributed by atoms with Crippen LogP contribution in [0.3, 0.4) is 0 Å². The number of dihydropyridines is 1. The summed E-state index contributed by atoms with van der Waals surface area (Å²) in [5.74, 6) is 0.0485. The molecule has 24 heavy (non-hydrogen) atoms. The third-order valence-corrected chi connectivity index (χ3v) is 4.69. The van der Waals surface area contributed by atoms with Crippen LogP contribution < -0.4 is 5.32 Å². The first kappa shape index (κ1) is 15.1. The highest BCUT2D eigenvalue weighted by Gasteiger charge is 2.27. The molecule has 2 aromatic rings. The zero-order chi connectivity index (χ0) is 16.4. The van der Waals surface area contributed by atoms with Gasteiger partial charge in [0.25, 0.3) is 0 Å². The third kappa shape index (κ3) is 2.97. The number of nitrogens with one attached hydrogen (secondary N) is 2. The maximum atomic E-state index is 13.4. The van der Waals surface area contributed by atoms with E-state index in [0.29, 0.717) is 6.42 Å². The molecule has 0 bridgehead atoms. The van der Waals surface area contributed by atoms with Crippen molar-refractivity contribution in [1.29, 1.82) is 0 Å². The van der Waals surface area contributed by atoms with Crippen molar-refractivity contribution >= 4 is 17.1 Å². The van der Waals surface area contributed by atoms with Crippen LogP contribution in [0.1, 0.15) is 24.4 Å². The quantitative estimate of drug-likeness (QED) is 0.850. The Morgan fingerprint density at radius 1 is 1.25 bits per heavy atom. The van der Waals surface area contributed by atoms with Gasteiger partial charge >= 0.3 is 0 Å². The maximum absolute atomic E-state index is 13.4. The fourth-order valence-electron chi connectivity index (χ4n) is 3.45. The van der Waals surface area contributed by atoms with Crippen molar-refractivity contribution in [3.63, 3.8) is 0 Å². The molecule has 4 rings (SSSR count). The third-order valence-electron chi connectivity index (χ3n) is 4.69. The van der Waals surface area contributed by atoms with E-state index in [0.717, 1.165) is 11.9 Å². The molecule has 0 fully saturated rings. The molecule has 0 saturated heterocycles. The van der Waals surface area contributed by atoms with E-state index in [1.807, 2.05) is 24.4 Å². The largest absolute Gasteiger partial charge is 0.361 e. The summed E-state index contributed by atoms with van der Waals surface area (Å²) in [6, 6.07) is 8.36. The number of fused-ring (bicyclic) bond motifs is 1. The van der Waals surface area contributed by atoms with Crippen LogP contribution in [0.5, 0.6) is 0 Å². The zero-order valence-electron chi connectivity index (χ0n) is 13.3. The minimum absolute atomic E-state index is 0.0535. The number of hydrogen-bond acceptors (Lipinski definition) is 2. The lowest BCUT2D eigenvalue weighted by Crippen LogP contribution is -2.36. The fraction of sp³-hybridized carbons (Fsp3) is 0.250. The molecule has 0 spiro atoms. The van der Waals surface area contributed by atoms with E-state index in [2.05, 4.69) is 45.8 Å². The van der Waals surface area contributed by atoms with E-state index in [1.54, 1.807) is 12.2 Å². The molecule has 2 aliphatic rings. The van der Waals surface area contributed by atoms with Crippen molar-refractivity contribution in [3.8, 4) is 0 Å². The Kier molecular flexibility index (Phi) is 4.13. The van der Waals surface area contributed by atoms with Crippen LogP contribution in [0.4, 0.5) is 4.39 Å². The summed E-state index contributed by atoms with van der Waals surface area (Å²) < 4.78 is 13.4. The first-order chi connectivity index (χ1) is 11.8. The standard InChI is InChI=1S/C20H20FN3/c21-15-10-8-14(9-11-15)20(24-19-7-3-4-12-22-19)17-13-23-18-6-2-1-5-16(17)18/h1-6,8,10-14,19-20,23-24H,7,9H2. The Balaban J connectivity index is 1.68. The van der Waals surface area contributed by atoms with Crippen molar-refractivity contribution < 1.29 is 4.39 Å². The lowest BCUT2D eigenvalue weighted by molar-refractivity contribution is 0.369. The van der Waals surface area contributed by atoms with E-state index >= 15 is 0 Å². The van der Waals surface area contributed by atoms with Gasteiger partial charge in [-0.25, -0.2) is 4.39 Å². The second kappa shape index (κ2) is 6.57. The maximum Gasteiger partial charge on any atom is 0.118 e. The van der Waals surface area contributed by atoms with Crippen LogP contribution in [0, 0.1) is 5.92 Å². The highest BCUT2D eigenvalue weighted by molar-refractivity contribution is 5.83. The lowest BCUT2D eigenvalue weighted by atomic mass is 9.87. The Morgan fingerprint density at radius 3 is 2.96 bits per heavy atom.